The van der Waals surface area contributed by atoms with Gasteiger partial charge in [0.15, 0.2) is 17.5 Å². The lowest BCUT2D eigenvalue weighted by Crippen LogP contribution is -2.82. The zero-order chi connectivity index (χ0) is 32.6. The van der Waals surface area contributed by atoms with Gasteiger partial charge in [0.25, 0.3) is 0 Å². The van der Waals surface area contributed by atoms with Crippen LogP contribution in [0.3, 0.4) is 0 Å². The molecule has 44 heavy (non-hydrogen) atoms. The first-order valence-electron chi connectivity index (χ1n) is 14.6. The number of hydrogen-bond acceptors (Lipinski definition) is 12. The first-order valence-corrected chi connectivity index (χ1v) is 14.6. The van der Waals surface area contributed by atoms with Crippen LogP contribution < -0.4 is 0 Å². The van der Waals surface area contributed by atoms with Gasteiger partial charge in [-0.15, -0.1) is 0 Å². The zero-order valence-corrected chi connectivity index (χ0v) is 25.9. The maximum absolute atomic E-state index is 14.9. The number of esters is 2. The third-order valence-corrected chi connectivity index (χ3v) is 10.7. The van der Waals surface area contributed by atoms with Crippen molar-refractivity contribution in [3.8, 4) is 0 Å². The number of aliphatic hydroxyl groups excluding tert-OH is 1. The number of ketones is 1. The highest BCUT2D eigenvalue weighted by molar-refractivity contribution is 5.95. The maximum atomic E-state index is 14.9. The molecule has 2 saturated carbocycles. The highest BCUT2D eigenvalue weighted by Crippen LogP contribution is 2.65. The Bertz CT molecular complexity index is 1420. The van der Waals surface area contributed by atoms with E-state index in [2.05, 4.69) is 0 Å². The van der Waals surface area contributed by atoms with E-state index >= 15 is 0 Å². The number of ether oxygens (including phenoxy) is 5. The van der Waals surface area contributed by atoms with Gasteiger partial charge < -0.3 is 39.0 Å². The molecule has 5 rings (SSSR count). The van der Waals surface area contributed by atoms with Crippen molar-refractivity contribution in [1.29, 1.82) is 0 Å². The highest BCUT2D eigenvalue weighted by atomic mass is 16.8. The Balaban J connectivity index is 1.86. The van der Waals surface area contributed by atoms with Crippen LogP contribution in [0.4, 0.5) is 4.79 Å². The van der Waals surface area contributed by atoms with E-state index in [0.29, 0.717) is 0 Å². The molecule has 2 bridgehead atoms. The number of rotatable bonds is 4. The summed E-state index contributed by atoms with van der Waals surface area (Å²) < 4.78 is 28.4. The SMILES string of the molecule is COC(=O)O[C@@]12CO[C@@H]1C[C@H](O)[C@@]1(C)C(=O)[C@H](OC(C)=O)C3=C(C)[C@@](C)(O)C[C@@](O)(C(OC(=O)c4ccccc4)C12)C3(C)C. The van der Waals surface area contributed by atoms with Gasteiger partial charge in [0.2, 0.25) is 0 Å². The first kappa shape index (κ1) is 32.1. The first-order chi connectivity index (χ1) is 20.4. The van der Waals surface area contributed by atoms with Crippen LogP contribution in [0.1, 0.15) is 64.7 Å². The normalized spacial score (nSPS) is 40.7. The Kier molecular flexibility index (Phi) is 7.56. The number of methoxy groups -OCH3 is 1. The predicted molar refractivity (Wildman–Crippen MR) is 151 cm³/mol. The number of carbonyl (C=O) groups is 4. The quantitative estimate of drug-likeness (QED) is 0.256. The fourth-order valence-electron chi connectivity index (χ4n) is 8.07. The second-order valence-electron chi connectivity index (χ2n) is 13.4. The average molecular weight is 617 g/mol. The van der Waals surface area contributed by atoms with Crippen molar-refractivity contribution in [2.75, 3.05) is 13.7 Å². The van der Waals surface area contributed by atoms with E-state index in [4.69, 9.17) is 23.7 Å². The molecule has 9 atom stereocenters. The molecule has 0 spiro atoms. The summed E-state index contributed by atoms with van der Waals surface area (Å²) in [6, 6.07) is 7.99. The molecule has 3 fully saturated rings. The second-order valence-corrected chi connectivity index (χ2v) is 13.4. The van der Waals surface area contributed by atoms with Gasteiger partial charge in [-0.25, -0.2) is 9.59 Å². The Morgan fingerprint density at radius 1 is 1.02 bits per heavy atom. The van der Waals surface area contributed by atoms with Crippen molar-refractivity contribution in [3.05, 3.63) is 47.0 Å². The van der Waals surface area contributed by atoms with E-state index in [1.54, 1.807) is 39.0 Å². The molecule has 240 valence electrons. The van der Waals surface area contributed by atoms with Gasteiger partial charge in [-0.2, -0.15) is 0 Å². The lowest BCUT2D eigenvalue weighted by atomic mass is 9.44. The molecule has 3 N–H and O–H groups in total. The third-order valence-electron chi connectivity index (χ3n) is 10.7. The van der Waals surface area contributed by atoms with Crippen molar-refractivity contribution in [1.82, 2.24) is 0 Å². The number of aliphatic hydroxyl groups is 3. The molecule has 1 saturated heterocycles. The van der Waals surface area contributed by atoms with E-state index in [1.807, 2.05) is 0 Å². The molecule has 4 aliphatic rings. The lowest BCUT2D eigenvalue weighted by Gasteiger charge is -2.67. The fourth-order valence-corrected chi connectivity index (χ4v) is 8.07. The van der Waals surface area contributed by atoms with Crippen molar-refractivity contribution < 1.29 is 58.2 Å². The number of benzene rings is 1. The second kappa shape index (κ2) is 10.4. The molecular formula is C32H40O12. The highest BCUT2D eigenvalue weighted by Gasteiger charge is 2.79. The summed E-state index contributed by atoms with van der Waals surface area (Å²) in [4.78, 5) is 54.0. The van der Waals surface area contributed by atoms with E-state index in [-0.39, 0.29) is 29.7 Å². The Morgan fingerprint density at radius 2 is 1.66 bits per heavy atom. The molecule has 0 radical (unpaired) electrons. The minimum absolute atomic E-state index is 0.124. The van der Waals surface area contributed by atoms with Gasteiger partial charge in [-0.1, -0.05) is 32.0 Å². The van der Waals surface area contributed by atoms with E-state index in [1.165, 1.54) is 26.0 Å². The minimum Gasteiger partial charge on any atom is -0.455 e. The molecule has 1 heterocycles. The Labute approximate surface area is 255 Å². The third kappa shape index (κ3) is 4.33. The van der Waals surface area contributed by atoms with Crippen LogP contribution in [0.25, 0.3) is 0 Å². The summed E-state index contributed by atoms with van der Waals surface area (Å²) in [7, 11) is 1.10. The van der Waals surface area contributed by atoms with Crippen molar-refractivity contribution >= 4 is 23.9 Å². The van der Waals surface area contributed by atoms with Gasteiger partial charge in [0, 0.05) is 25.2 Å². The molecule has 2 unspecified atom stereocenters. The van der Waals surface area contributed by atoms with Gasteiger partial charge in [-0.3, -0.25) is 9.59 Å². The molecule has 1 aromatic carbocycles. The van der Waals surface area contributed by atoms with Crippen LogP contribution in [-0.4, -0.2) is 94.1 Å². The largest absolute Gasteiger partial charge is 0.508 e. The summed E-state index contributed by atoms with van der Waals surface area (Å²) in [5.74, 6) is -3.90. The lowest BCUT2D eigenvalue weighted by molar-refractivity contribution is -0.345. The topological polar surface area (TPSA) is 175 Å². The summed E-state index contributed by atoms with van der Waals surface area (Å²) >= 11 is 0. The molecule has 0 amide bonds. The zero-order valence-electron chi connectivity index (χ0n) is 25.9. The molecule has 12 heteroatoms. The standard InChI is InChI=1S/C32H40O12/c1-16-21-22(42-17(2)33)24(35)30(6)19(34)13-20-31(15-41-20,44-27(37)40-7)23(30)25(43-26(36)18-11-9-8-10-12-18)32(39,28(21,3)4)14-29(16,5)38/h8-12,19-20,22-23,25,34,38-39H,13-15H2,1-7H3/t19-,20+,22+,23?,25?,29-,30+,31-,32+/m0/s1. The molecule has 1 aliphatic heterocycles. The van der Waals surface area contributed by atoms with Gasteiger partial charge in [0.1, 0.15) is 17.8 Å². The average Bonchev–Trinajstić information content (AvgIpc) is 2.94. The van der Waals surface area contributed by atoms with Gasteiger partial charge in [0.05, 0.1) is 42.3 Å². The van der Waals surface area contributed by atoms with E-state index in [9.17, 15) is 34.5 Å². The predicted octanol–water partition coefficient (Wildman–Crippen LogP) is 2.26. The van der Waals surface area contributed by atoms with Crippen LogP contribution in [0.5, 0.6) is 0 Å². The molecule has 3 aliphatic carbocycles. The number of fused-ring (bicyclic) bond motifs is 5. The van der Waals surface area contributed by atoms with Crippen LogP contribution in [0.2, 0.25) is 0 Å². The van der Waals surface area contributed by atoms with Crippen LogP contribution in [0.15, 0.2) is 41.5 Å². The Hall–Kier alpha value is -3.32. The van der Waals surface area contributed by atoms with Crippen molar-refractivity contribution in [2.45, 2.75) is 95.6 Å². The number of carbonyl (C=O) groups excluding carboxylic acids is 4. The molecule has 0 aromatic heterocycles. The molecule has 12 nitrogen and oxygen atoms in total. The summed E-state index contributed by atoms with van der Waals surface area (Å²) in [5, 5.41) is 36.6. The van der Waals surface area contributed by atoms with Crippen molar-refractivity contribution in [2.24, 2.45) is 16.7 Å². The van der Waals surface area contributed by atoms with E-state index in [0.717, 1.165) is 14.0 Å². The van der Waals surface area contributed by atoms with Crippen molar-refractivity contribution in [3.63, 3.8) is 0 Å². The summed E-state index contributed by atoms with van der Waals surface area (Å²) in [5.41, 5.74) is -8.59. The van der Waals surface area contributed by atoms with Crippen LogP contribution in [-0.2, 0) is 33.3 Å². The minimum atomic E-state index is -2.19. The Morgan fingerprint density at radius 3 is 2.20 bits per heavy atom. The fraction of sp³-hybridized carbons (Fsp3) is 0.625. The molecule has 1 aromatic rings. The van der Waals surface area contributed by atoms with E-state index < -0.39 is 88.3 Å². The summed E-state index contributed by atoms with van der Waals surface area (Å²) in [6.45, 7) is 8.52. The monoisotopic (exact) mass is 616 g/mol. The van der Waals surface area contributed by atoms with Gasteiger partial charge >= 0.3 is 18.1 Å². The number of Topliss-reactive ketones (excluding diaryl/α,β-unsaturated/α-hetero) is 1. The summed E-state index contributed by atoms with van der Waals surface area (Å²) in [6.07, 6.45) is -7.46. The van der Waals surface area contributed by atoms with Gasteiger partial charge in [-0.05, 0) is 44.1 Å². The van der Waals surface area contributed by atoms with Crippen LogP contribution >= 0.6 is 0 Å². The number of hydrogen-bond donors (Lipinski definition) is 3. The molecular weight excluding hydrogens is 576 g/mol. The maximum Gasteiger partial charge on any atom is 0.508 e. The smallest absolute Gasteiger partial charge is 0.455 e. The van der Waals surface area contributed by atoms with Crippen LogP contribution in [0, 0.1) is 16.7 Å².